The molecule has 0 spiro atoms. The van der Waals surface area contributed by atoms with Crippen molar-refractivity contribution < 1.29 is 4.79 Å². The van der Waals surface area contributed by atoms with Crippen molar-refractivity contribution >= 4 is 34.8 Å². The first-order chi connectivity index (χ1) is 9.54. The standard InChI is InChI=1S/C14H19Cl2N3O/c15-10-3-4-12(16)13(8-10)18-14(20)5-7-19-6-1-2-11(17)9-19/h3-4,8,11H,1-2,5-7,9,17H2,(H,18,20)/t11-/m1/s1. The predicted octanol–water partition coefficient (Wildman–Crippen LogP) is 2.75. The topological polar surface area (TPSA) is 58.4 Å². The van der Waals surface area contributed by atoms with E-state index in [1.54, 1.807) is 18.2 Å². The summed E-state index contributed by atoms with van der Waals surface area (Å²) in [7, 11) is 0. The number of anilines is 1. The van der Waals surface area contributed by atoms with Crippen molar-refractivity contribution in [1.29, 1.82) is 0 Å². The summed E-state index contributed by atoms with van der Waals surface area (Å²) in [5.74, 6) is -0.0617. The number of piperidine rings is 1. The van der Waals surface area contributed by atoms with Crippen molar-refractivity contribution in [1.82, 2.24) is 4.90 Å². The molecule has 110 valence electrons. The average Bonchev–Trinajstić information content (AvgIpc) is 2.41. The quantitative estimate of drug-likeness (QED) is 0.898. The number of amides is 1. The molecule has 1 heterocycles. The van der Waals surface area contributed by atoms with Gasteiger partial charge in [-0.15, -0.1) is 0 Å². The molecule has 0 aromatic heterocycles. The molecule has 2 rings (SSSR count). The lowest BCUT2D eigenvalue weighted by Gasteiger charge is -2.30. The van der Waals surface area contributed by atoms with Gasteiger partial charge in [-0.2, -0.15) is 0 Å². The van der Waals surface area contributed by atoms with Gasteiger partial charge in [0, 0.05) is 30.6 Å². The minimum atomic E-state index is -0.0617. The van der Waals surface area contributed by atoms with Crippen LogP contribution in [-0.2, 0) is 4.79 Å². The highest BCUT2D eigenvalue weighted by molar-refractivity contribution is 6.35. The molecule has 0 radical (unpaired) electrons. The third-order valence-corrected chi connectivity index (χ3v) is 3.96. The van der Waals surface area contributed by atoms with E-state index in [0.717, 1.165) is 32.5 Å². The van der Waals surface area contributed by atoms with Crippen LogP contribution in [0.4, 0.5) is 5.69 Å². The maximum Gasteiger partial charge on any atom is 0.225 e. The highest BCUT2D eigenvalue weighted by Crippen LogP contribution is 2.25. The van der Waals surface area contributed by atoms with Gasteiger partial charge in [-0.05, 0) is 37.6 Å². The van der Waals surface area contributed by atoms with Crippen LogP contribution < -0.4 is 11.1 Å². The minimum Gasteiger partial charge on any atom is -0.327 e. The van der Waals surface area contributed by atoms with Crippen molar-refractivity contribution in [3.8, 4) is 0 Å². The van der Waals surface area contributed by atoms with E-state index in [1.165, 1.54) is 0 Å². The summed E-state index contributed by atoms with van der Waals surface area (Å²) >= 11 is 11.9. The monoisotopic (exact) mass is 315 g/mol. The van der Waals surface area contributed by atoms with Crippen LogP contribution in [0.1, 0.15) is 19.3 Å². The van der Waals surface area contributed by atoms with Crippen LogP contribution in [-0.4, -0.2) is 36.5 Å². The Hall–Kier alpha value is -0.810. The Balaban J connectivity index is 1.82. The molecule has 3 N–H and O–H groups in total. The fraction of sp³-hybridized carbons (Fsp3) is 0.500. The largest absolute Gasteiger partial charge is 0.327 e. The van der Waals surface area contributed by atoms with Crippen molar-refractivity contribution in [2.45, 2.75) is 25.3 Å². The summed E-state index contributed by atoms with van der Waals surface area (Å²) in [5.41, 5.74) is 6.47. The smallest absolute Gasteiger partial charge is 0.225 e. The first-order valence-electron chi connectivity index (χ1n) is 6.77. The number of carbonyl (C=O) groups is 1. The molecule has 1 amide bonds. The van der Waals surface area contributed by atoms with E-state index in [9.17, 15) is 4.79 Å². The molecule has 0 saturated carbocycles. The molecule has 4 nitrogen and oxygen atoms in total. The number of nitrogens with zero attached hydrogens (tertiary/aromatic N) is 1. The Morgan fingerprint density at radius 3 is 3.00 bits per heavy atom. The number of hydrogen-bond donors (Lipinski definition) is 2. The zero-order chi connectivity index (χ0) is 14.5. The van der Waals surface area contributed by atoms with Gasteiger partial charge < -0.3 is 16.0 Å². The van der Waals surface area contributed by atoms with Crippen LogP contribution in [0.15, 0.2) is 18.2 Å². The van der Waals surface area contributed by atoms with E-state index in [-0.39, 0.29) is 11.9 Å². The molecular formula is C14H19Cl2N3O. The zero-order valence-corrected chi connectivity index (χ0v) is 12.8. The Bertz CT molecular complexity index is 481. The fourth-order valence-corrected chi connectivity index (χ4v) is 2.70. The van der Waals surface area contributed by atoms with Crippen LogP contribution in [0.3, 0.4) is 0 Å². The molecule has 0 aliphatic carbocycles. The highest BCUT2D eigenvalue weighted by Gasteiger charge is 2.17. The van der Waals surface area contributed by atoms with Crippen LogP contribution in [0.25, 0.3) is 0 Å². The number of hydrogen-bond acceptors (Lipinski definition) is 3. The second kappa shape index (κ2) is 7.27. The maximum absolute atomic E-state index is 11.9. The lowest BCUT2D eigenvalue weighted by atomic mass is 10.1. The van der Waals surface area contributed by atoms with Crippen LogP contribution >= 0.6 is 23.2 Å². The summed E-state index contributed by atoms with van der Waals surface area (Å²) < 4.78 is 0. The molecule has 0 unspecified atom stereocenters. The van der Waals surface area contributed by atoms with Crippen LogP contribution in [0.2, 0.25) is 10.0 Å². The molecule has 1 atom stereocenters. The lowest BCUT2D eigenvalue weighted by molar-refractivity contribution is -0.116. The highest BCUT2D eigenvalue weighted by atomic mass is 35.5. The summed E-state index contributed by atoms with van der Waals surface area (Å²) in [6, 6.07) is 5.24. The van der Waals surface area contributed by atoms with E-state index in [0.29, 0.717) is 22.2 Å². The Morgan fingerprint density at radius 1 is 1.45 bits per heavy atom. The number of rotatable bonds is 4. The number of nitrogens with one attached hydrogen (secondary N) is 1. The molecule has 1 saturated heterocycles. The van der Waals surface area contributed by atoms with E-state index < -0.39 is 0 Å². The second-order valence-electron chi connectivity index (χ2n) is 5.13. The normalized spacial score (nSPS) is 19.9. The van der Waals surface area contributed by atoms with Gasteiger partial charge in [0.1, 0.15) is 0 Å². The van der Waals surface area contributed by atoms with E-state index >= 15 is 0 Å². The second-order valence-corrected chi connectivity index (χ2v) is 5.97. The van der Waals surface area contributed by atoms with E-state index in [2.05, 4.69) is 10.2 Å². The van der Waals surface area contributed by atoms with Crippen molar-refractivity contribution in [3.63, 3.8) is 0 Å². The molecule has 1 fully saturated rings. The molecule has 0 bridgehead atoms. The van der Waals surface area contributed by atoms with Crippen molar-refractivity contribution in [2.75, 3.05) is 25.0 Å². The molecule has 1 aliphatic rings. The van der Waals surface area contributed by atoms with Crippen molar-refractivity contribution in [3.05, 3.63) is 28.2 Å². The van der Waals surface area contributed by atoms with Gasteiger partial charge in [-0.1, -0.05) is 23.2 Å². The summed E-state index contributed by atoms with van der Waals surface area (Å²) in [6.45, 7) is 2.60. The first kappa shape index (κ1) is 15.6. The SMILES string of the molecule is N[C@@H]1CCCN(CCC(=O)Nc2cc(Cl)ccc2Cl)C1. The minimum absolute atomic E-state index is 0.0617. The summed E-state index contributed by atoms with van der Waals surface area (Å²) in [5, 5.41) is 3.83. The van der Waals surface area contributed by atoms with Crippen molar-refractivity contribution in [2.24, 2.45) is 5.73 Å². The third kappa shape index (κ3) is 4.63. The van der Waals surface area contributed by atoms with Gasteiger partial charge in [-0.25, -0.2) is 0 Å². The Kier molecular flexibility index (Phi) is 5.66. The average molecular weight is 316 g/mol. The number of nitrogens with two attached hydrogens (primary N) is 1. The van der Waals surface area contributed by atoms with Gasteiger partial charge in [0.15, 0.2) is 0 Å². The van der Waals surface area contributed by atoms with Gasteiger partial charge >= 0.3 is 0 Å². The Morgan fingerprint density at radius 2 is 2.25 bits per heavy atom. The first-order valence-corrected chi connectivity index (χ1v) is 7.53. The molecule has 1 aromatic rings. The van der Waals surface area contributed by atoms with Gasteiger partial charge in [0.25, 0.3) is 0 Å². The summed E-state index contributed by atoms with van der Waals surface area (Å²) in [6.07, 6.45) is 2.60. The number of carbonyl (C=O) groups excluding carboxylic acids is 1. The number of likely N-dealkylation sites (tertiary alicyclic amines) is 1. The van der Waals surface area contributed by atoms with Gasteiger partial charge in [0.05, 0.1) is 10.7 Å². The third-order valence-electron chi connectivity index (χ3n) is 3.40. The lowest BCUT2D eigenvalue weighted by Crippen LogP contribution is -2.43. The maximum atomic E-state index is 11.9. The molecule has 20 heavy (non-hydrogen) atoms. The van der Waals surface area contributed by atoms with Crippen LogP contribution in [0, 0.1) is 0 Å². The molecule has 6 heteroatoms. The number of benzene rings is 1. The molecule has 1 aromatic carbocycles. The molecular weight excluding hydrogens is 297 g/mol. The van der Waals surface area contributed by atoms with Crippen LogP contribution in [0.5, 0.6) is 0 Å². The zero-order valence-electron chi connectivity index (χ0n) is 11.2. The summed E-state index contributed by atoms with van der Waals surface area (Å²) in [4.78, 5) is 14.2. The number of halogens is 2. The van der Waals surface area contributed by atoms with Gasteiger partial charge in [-0.3, -0.25) is 4.79 Å². The molecule has 1 aliphatic heterocycles. The van der Waals surface area contributed by atoms with E-state index in [1.807, 2.05) is 0 Å². The fourth-order valence-electron chi connectivity index (χ4n) is 2.36. The predicted molar refractivity (Wildman–Crippen MR) is 83.4 cm³/mol. The van der Waals surface area contributed by atoms with E-state index in [4.69, 9.17) is 28.9 Å². The Labute approximate surface area is 129 Å². The van der Waals surface area contributed by atoms with Gasteiger partial charge in [0.2, 0.25) is 5.91 Å².